The first-order chi connectivity index (χ1) is 11.3. The Morgan fingerprint density at radius 1 is 0.792 bits per heavy atom. The van der Waals surface area contributed by atoms with Crippen LogP contribution in [0.1, 0.15) is 47.0 Å². The van der Waals surface area contributed by atoms with E-state index in [2.05, 4.69) is 0 Å². The van der Waals surface area contributed by atoms with Crippen molar-refractivity contribution in [3.8, 4) is 0 Å². The molecule has 0 heterocycles. The predicted octanol–water partition coefficient (Wildman–Crippen LogP) is 3.37. The lowest BCUT2D eigenvalue weighted by atomic mass is 10.2. The molecular weight excluding hydrogens is 358 g/mol. The molecule has 1 unspecified atom stereocenters. The smallest absolute Gasteiger partial charge is 0.345 e. The van der Waals surface area contributed by atoms with Gasteiger partial charge in [0, 0.05) is 0 Å². The molecule has 0 aliphatic carbocycles. The molecule has 10 heteroatoms. The van der Waals surface area contributed by atoms with Crippen molar-refractivity contribution < 1.29 is 37.4 Å². The van der Waals surface area contributed by atoms with Crippen LogP contribution in [-0.2, 0) is 27.2 Å². The van der Waals surface area contributed by atoms with Gasteiger partial charge in [-0.15, -0.1) is 0 Å². The van der Waals surface area contributed by atoms with Crippen molar-refractivity contribution in [2.75, 3.05) is 33.0 Å². The third kappa shape index (κ3) is 7.63. The van der Waals surface area contributed by atoms with E-state index in [1.807, 2.05) is 0 Å². The van der Waals surface area contributed by atoms with Crippen LogP contribution in [0.5, 0.6) is 0 Å². The fourth-order valence-corrected chi connectivity index (χ4v) is 7.72. The summed E-state index contributed by atoms with van der Waals surface area (Å²) in [4.78, 5) is 0. The minimum absolute atomic E-state index is 0.130. The summed E-state index contributed by atoms with van der Waals surface area (Å²) in [5.74, 6) is 0. The molecule has 0 aromatic heterocycles. The van der Waals surface area contributed by atoms with Crippen LogP contribution < -0.4 is 0 Å². The first-order valence-corrected chi connectivity index (χ1v) is 11.6. The van der Waals surface area contributed by atoms with Crippen molar-refractivity contribution in [1.29, 1.82) is 0 Å². The van der Waals surface area contributed by atoms with Gasteiger partial charge in [0.1, 0.15) is 0 Å². The lowest BCUT2D eigenvalue weighted by molar-refractivity contribution is 0.0858. The maximum atomic E-state index is 13.2. The van der Waals surface area contributed by atoms with Crippen molar-refractivity contribution in [3.05, 3.63) is 0 Å². The average Bonchev–Trinajstić information content (AvgIpc) is 2.51. The Balaban J connectivity index is 5.52. The van der Waals surface area contributed by atoms with Crippen LogP contribution in [0.3, 0.4) is 0 Å². The van der Waals surface area contributed by atoms with Gasteiger partial charge in [-0.3, -0.25) is 9.13 Å². The van der Waals surface area contributed by atoms with Crippen molar-refractivity contribution >= 4 is 15.2 Å². The number of aliphatic hydroxyl groups is 2. The van der Waals surface area contributed by atoms with E-state index < -0.39 is 26.7 Å². The molecule has 0 radical (unpaired) electrons. The van der Waals surface area contributed by atoms with E-state index in [4.69, 9.17) is 23.2 Å². The zero-order valence-corrected chi connectivity index (χ0v) is 16.8. The molecule has 0 spiro atoms. The van der Waals surface area contributed by atoms with Gasteiger partial charge in [-0.05, 0) is 47.0 Å². The van der Waals surface area contributed by atoms with E-state index >= 15 is 0 Å². The summed E-state index contributed by atoms with van der Waals surface area (Å²) in [5.41, 5.74) is 0. The summed E-state index contributed by atoms with van der Waals surface area (Å²) in [5, 5.41) is 17.3. The standard InChI is InChI=1S/C14H32O8P2/c1-5-19-23(17,20-6-2)14(11-9-10-13(16)12-15)24(18,21-7-3)22-8-4/h13-16H,5-12H2,1-4H3. The van der Waals surface area contributed by atoms with Crippen molar-refractivity contribution in [2.24, 2.45) is 0 Å². The molecule has 0 saturated heterocycles. The zero-order valence-electron chi connectivity index (χ0n) is 15.0. The molecular formula is C14H32O8P2. The Morgan fingerprint density at radius 3 is 1.46 bits per heavy atom. The minimum atomic E-state index is -3.74. The summed E-state index contributed by atoms with van der Waals surface area (Å²) in [6.45, 7) is 6.84. The number of hydrogen-bond acceptors (Lipinski definition) is 8. The Kier molecular flexibility index (Phi) is 12.7. The van der Waals surface area contributed by atoms with Gasteiger partial charge in [-0.25, -0.2) is 0 Å². The van der Waals surface area contributed by atoms with Crippen molar-refractivity contribution in [2.45, 2.75) is 58.5 Å². The van der Waals surface area contributed by atoms with Crippen LogP contribution >= 0.6 is 15.2 Å². The molecule has 0 aromatic carbocycles. The summed E-state index contributed by atoms with van der Waals surface area (Å²) in [7, 11) is -7.47. The van der Waals surface area contributed by atoms with Crippen LogP contribution in [0, 0.1) is 0 Å². The van der Waals surface area contributed by atoms with Crippen LogP contribution in [0.25, 0.3) is 0 Å². The topological polar surface area (TPSA) is 112 Å². The van der Waals surface area contributed by atoms with Crippen LogP contribution in [0.15, 0.2) is 0 Å². The number of hydrogen-bond donors (Lipinski definition) is 2. The normalized spacial score (nSPS) is 14.3. The van der Waals surface area contributed by atoms with Crippen molar-refractivity contribution in [1.82, 2.24) is 0 Å². The van der Waals surface area contributed by atoms with Gasteiger partial charge in [0.25, 0.3) is 0 Å². The molecule has 146 valence electrons. The van der Waals surface area contributed by atoms with Gasteiger partial charge in [0.05, 0.1) is 39.1 Å². The monoisotopic (exact) mass is 390 g/mol. The van der Waals surface area contributed by atoms with E-state index in [0.29, 0.717) is 6.42 Å². The molecule has 0 saturated carbocycles. The highest BCUT2D eigenvalue weighted by Gasteiger charge is 2.50. The van der Waals surface area contributed by atoms with Gasteiger partial charge in [0.15, 0.2) is 5.40 Å². The molecule has 0 amide bonds. The fourth-order valence-electron chi connectivity index (χ4n) is 2.26. The Labute approximate surface area is 144 Å². The zero-order chi connectivity index (χ0) is 18.6. The van der Waals surface area contributed by atoms with Gasteiger partial charge < -0.3 is 28.3 Å². The third-order valence-electron chi connectivity index (χ3n) is 3.18. The lowest BCUT2D eigenvalue weighted by Crippen LogP contribution is -2.19. The highest BCUT2D eigenvalue weighted by atomic mass is 31.2. The van der Waals surface area contributed by atoms with Gasteiger partial charge in [-0.1, -0.05) is 0 Å². The predicted molar refractivity (Wildman–Crippen MR) is 92.4 cm³/mol. The second-order valence-corrected chi connectivity index (χ2v) is 9.84. The second-order valence-electron chi connectivity index (χ2n) is 5.00. The quantitative estimate of drug-likeness (QED) is 0.410. The summed E-state index contributed by atoms with van der Waals surface area (Å²) in [6, 6.07) is 0. The van der Waals surface area contributed by atoms with E-state index in [9.17, 15) is 14.2 Å². The maximum absolute atomic E-state index is 13.2. The summed E-state index contributed by atoms with van der Waals surface area (Å²) < 4.78 is 47.7. The highest BCUT2D eigenvalue weighted by molar-refractivity contribution is 7.72. The second kappa shape index (κ2) is 12.6. The first-order valence-electron chi connectivity index (χ1n) is 8.39. The molecule has 24 heavy (non-hydrogen) atoms. The molecule has 0 fully saturated rings. The molecule has 2 N–H and O–H groups in total. The number of rotatable bonds is 15. The largest absolute Gasteiger partial charge is 0.394 e. The molecule has 0 aromatic rings. The van der Waals surface area contributed by atoms with E-state index in [1.165, 1.54) is 0 Å². The summed E-state index contributed by atoms with van der Waals surface area (Å²) in [6.07, 6.45) is -0.0988. The molecule has 0 bridgehead atoms. The van der Waals surface area contributed by atoms with Gasteiger partial charge in [0.2, 0.25) is 0 Å². The van der Waals surface area contributed by atoms with Crippen LogP contribution in [-0.4, -0.2) is 54.8 Å². The maximum Gasteiger partial charge on any atom is 0.345 e. The van der Waals surface area contributed by atoms with Crippen LogP contribution in [0.2, 0.25) is 0 Å². The van der Waals surface area contributed by atoms with Gasteiger partial charge in [-0.2, -0.15) is 0 Å². The van der Waals surface area contributed by atoms with E-state index in [-0.39, 0.29) is 45.9 Å². The Bertz CT molecular complexity index is 368. The van der Waals surface area contributed by atoms with E-state index in [0.717, 1.165) is 0 Å². The fraction of sp³-hybridized carbons (Fsp3) is 1.00. The first kappa shape index (κ1) is 24.2. The van der Waals surface area contributed by atoms with Crippen LogP contribution in [0.4, 0.5) is 0 Å². The summed E-state index contributed by atoms with van der Waals surface area (Å²) >= 11 is 0. The Hall–Kier alpha value is 0.220. The Morgan fingerprint density at radius 2 is 1.17 bits per heavy atom. The third-order valence-corrected chi connectivity index (χ3v) is 9.32. The molecule has 0 aliphatic rings. The molecule has 0 aliphatic heterocycles. The SMILES string of the molecule is CCOP(=O)(OCC)C(CCCC(O)CO)P(=O)(OCC)OCC. The number of aliphatic hydroxyl groups excluding tert-OH is 2. The average molecular weight is 390 g/mol. The van der Waals surface area contributed by atoms with Crippen molar-refractivity contribution in [3.63, 3.8) is 0 Å². The lowest BCUT2D eigenvalue weighted by Gasteiger charge is -2.31. The van der Waals surface area contributed by atoms with E-state index in [1.54, 1.807) is 27.7 Å². The molecule has 0 rings (SSSR count). The molecule has 1 atom stereocenters. The molecule has 8 nitrogen and oxygen atoms in total. The highest BCUT2D eigenvalue weighted by Crippen LogP contribution is 2.71. The van der Waals surface area contributed by atoms with Gasteiger partial charge >= 0.3 is 15.2 Å². The minimum Gasteiger partial charge on any atom is -0.394 e.